The third-order valence-corrected chi connectivity index (χ3v) is 13.2. The molecule has 8 atom stereocenters. The predicted octanol–water partition coefficient (Wildman–Crippen LogP) is 9.98. The van der Waals surface area contributed by atoms with E-state index < -0.39 is 3.23 Å². The summed E-state index contributed by atoms with van der Waals surface area (Å²) in [6, 6.07) is 5.57. The van der Waals surface area contributed by atoms with Crippen molar-refractivity contribution in [3.63, 3.8) is 0 Å². The molecule has 0 radical (unpaired) electrons. The number of nitrogens with zero attached hydrogens (tertiary/aromatic N) is 1. The van der Waals surface area contributed by atoms with E-state index in [1.807, 2.05) is 18.2 Å². The number of carbonyl (C=O) groups excluding carboxylic acids is 1. The van der Waals surface area contributed by atoms with Crippen LogP contribution in [0.15, 0.2) is 36.0 Å². The molecule has 3 nitrogen and oxygen atoms in total. The lowest BCUT2D eigenvalue weighted by molar-refractivity contribution is -0.151. The predicted molar refractivity (Wildman–Crippen MR) is 167 cm³/mol. The molecule has 0 bridgehead atoms. The topological polar surface area (TPSA) is 39.2 Å². The molecule has 0 aromatic carbocycles. The summed E-state index contributed by atoms with van der Waals surface area (Å²) in [5.41, 5.74) is 2.95. The lowest BCUT2D eigenvalue weighted by Crippen LogP contribution is -2.51. The van der Waals surface area contributed by atoms with Crippen molar-refractivity contribution in [2.75, 3.05) is 0 Å². The van der Waals surface area contributed by atoms with E-state index in [4.69, 9.17) is 4.74 Å². The van der Waals surface area contributed by atoms with E-state index in [1.165, 1.54) is 51.4 Å². The Morgan fingerprint density at radius 1 is 1.08 bits per heavy atom. The van der Waals surface area contributed by atoms with E-state index in [-0.39, 0.29) is 17.5 Å². The summed E-state index contributed by atoms with van der Waals surface area (Å²) in [6.07, 6.45) is 18.2. The zero-order valence-corrected chi connectivity index (χ0v) is 27.9. The molecule has 4 aliphatic rings. The molecule has 0 spiro atoms. The van der Waals surface area contributed by atoms with E-state index >= 15 is 0 Å². The number of pyridine rings is 1. The van der Waals surface area contributed by atoms with Gasteiger partial charge in [-0.15, -0.1) is 0 Å². The van der Waals surface area contributed by atoms with Crippen molar-refractivity contribution >= 4 is 37.8 Å². The zero-order valence-electron chi connectivity index (χ0n) is 24.7. The molecule has 1 heterocycles. The van der Waals surface area contributed by atoms with E-state index in [0.717, 1.165) is 54.8 Å². The average Bonchev–Trinajstić information content (AvgIpc) is 3.26. The fourth-order valence-electron chi connectivity index (χ4n) is 9.63. The number of hydrogen-bond donors (Lipinski definition) is 0. The number of allylic oxidation sites excluding steroid dienone is 1. The molecular formula is C34H49Br2NO2. The fraction of sp³-hybridized carbons (Fsp3) is 0.765. The van der Waals surface area contributed by atoms with Crippen molar-refractivity contribution in [1.29, 1.82) is 0 Å². The highest BCUT2D eigenvalue weighted by Crippen LogP contribution is 2.67. The van der Waals surface area contributed by atoms with Crippen LogP contribution in [0.2, 0.25) is 0 Å². The second-order valence-corrected chi connectivity index (χ2v) is 17.8. The second kappa shape index (κ2) is 11.5. The molecule has 4 aliphatic carbocycles. The molecular weight excluding hydrogens is 614 g/mol. The van der Waals surface area contributed by atoms with Gasteiger partial charge < -0.3 is 4.74 Å². The highest BCUT2D eigenvalue weighted by atomic mass is 79.9. The van der Waals surface area contributed by atoms with Crippen LogP contribution in [0.1, 0.15) is 111 Å². The Kier molecular flexibility index (Phi) is 8.82. The van der Waals surface area contributed by atoms with Crippen LogP contribution in [0, 0.1) is 46.3 Å². The van der Waals surface area contributed by atoms with Gasteiger partial charge in [0.2, 0.25) is 3.23 Å². The maximum absolute atomic E-state index is 13.2. The molecule has 1 aromatic rings. The fourth-order valence-corrected chi connectivity index (χ4v) is 10.3. The zero-order chi connectivity index (χ0) is 28.0. The molecule has 3 saturated carbocycles. The molecule has 4 unspecified atom stereocenters. The number of rotatable bonds is 8. The highest BCUT2D eigenvalue weighted by Gasteiger charge is 2.59. The minimum Gasteiger partial charge on any atom is -0.460 e. The van der Waals surface area contributed by atoms with E-state index in [1.54, 1.807) is 11.8 Å². The van der Waals surface area contributed by atoms with Gasteiger partial charge in [-0.25, -0.2) is 4.79 Å². The minimum absolute atomic E-state index is 0.0667. The van der Waals surface area contributed by atoms with Crippen LogP contribution in [0.4, 0.5) is 0 Å². The molecule has 216 valence electrons. The van der Waals surface area contributed by atoms with Crippen molar-refractivity contribution in [2.24, 2.45) is 46.3 Å². The van der Waals surface area contributed by atoms with Gasteiger partial charge in [0.15, 0.2) is 0 Å². The smallest absolute Gasteiger partial charge is 0.340 e. The van der Waals surface area contributed by atoms with Crippen molar-refractivity contribution in [3.8, 4) is 0 Å². The van der Waals surface area contributed by atoms with Crippen LogP contribution in [-0.4, -0.2) is 17.1 Å². The molecule has 5 heteroatoms. The van der Waals surface area contributed by atoms with E-state index in [2.05, 4.69) is 77.5 Å². The van der Waals surface area contributed by atoms with Crippen molar-refractivity contribution in [1.82, 2.24) is 4.98 Å². The standard InChI is InChI=1S/C34H49Br2NO2/c1-22(2)9-8-10-23(3)27-14-15-28-26-13-12-24-21-25(16-18-32(24,4)29(26)17-19-33(27,28)5)39-31(38)34(35,36)30-11-6-7-20-37-30/h6-7,11-12,20,22-23,25-29H,8-10,13-19,21H2,1-5H3/t23?,25-,26?,27+,28?,29?,32+,33-/m1/s1. The number of fused-ring (bicyclic) bond motifs is 5. The summed E-state index contributed by atoms with van der Waals surface area (Å²) >= 11 is 7.08. The van der Waals surface area contributed by atoms with Crippen molar-refractivity contribution < 1.29 is 9.53 Å². The SMILES string of the molecule is CC(C)CCCC(C)[C@@H]1CCC2C3CC=C4C[C@H](OC(=O)C(Br)(Br)c5ccccn5)CC[C@]4(C)C3CC[C@@]21C. The van der Waals surface area contributed by atoms with Gasteiger partial charge >= 0.3 is 5.97 Å². The Morgan fingerprint density at radius 3 is 2.59 bits per heavy atom. The van der Waals surface area contributed by atoms with Crippen LogP contribution in [0.3, 0.4) is 0 Å². The van der Waals surface area contributed by atoms with Gasteiger partial charge in [0.1, 0.15) is 6.10 Å². The molecule has 5 rings (SSSR count). The van der Waals surface area contributed by atoms with Crippen LogP contribution in [-0.2, 0) is 12.8 Å². The normalized spacial score (nSPS) is 36.9. The summed E-state index contributed by atoms with van der Waals surface area (Å²) in [6.45, 7) is 12.5. The first-order chi connectivity index (χ1) is 18.5. The number of aromatic nitrogens is 1. The number of halogens is 2. The number of alkyl halides is 2. The Morgan fingerprint density at radius 2 is 1.87 bits per heavy atom. The van der Waals surface area contributed by atoms with Crippen LogP contribution < -0.4 is 0 Å². The van der Waals surface area contributed by atoms with Gasteiger partial charge in [-0.1, -0.05) is 103 Å². The third-order valence-electron chi connectivity index (χ3n) is 11.8. The molecule has 0 saturated heterocycles. The average molecular weight is 664 g/mol. The number of hydrogen-bond acceptors (Lipinski definition) is 3. The first-order valence-corrected chi connectivity index (χ1v) is 17.3. The Labute approximate surface area is 254 Å². The maximum Gasteiger partial charge on any atom is 0.340 e. The first kappa shape index (κ1) is 29.8. The summed E-state index contributed by atoms with van der Waals surface area (Å²) in [7, 11) is 0. The molecule has 0 N–H and O–H groups in total. The van der Waals surface area contributed by atoms with Gasteiger partial charge in [-0.05, 0) is 103 Å². The lowest BCUT2D eigenvalue weighted by Gasteiger charge is -2.58. The second-order valence-electron chi connectivity index (χ2n) is 14.3. The largest absolute Gasteiger partial charge is 0.460 e. The van der Waals surface area contributed by atoms with E-state index in [0.29, 0.717) is 11.1 Å². The van der Waals surface area contributed by atoms with Gasteiger partial charge in [-0.2, -0.15) is 0 Å². The number of carbonyl (C=O) groups is 1. The van der Waals surface area contributed by atoms with Gasteiger partial charge in [0.25, 0.3) is 0 Å². The number of ether oxygens (including phenoxy) is 1. The molecule has 1 aromatic heterocycles. The maximum atomic E-state index is 13.2. The van der Waals surface area contributed by atoms with Crippen LogP contribution in [0.5, 0.6) is 0 Å². The Balaban J connectivity index is 1.25. The minimum atomic E-state index is -1.10. The third kappa shape index (κ3) is 5.58. The highest BCUT2D eigenvalue weighted by molar-refractivity contribution is 9.25. The lowest BCUT2D eigenvalue weighted by atomic mass is 9.47. The molecule has 3 fully saturated rings. The summed E-state index contributed by atoms with van der Waals surface area (Å²) in [5.74, 6) is 4.75. The monoisotopic (exact) mass is 661 g/mol. The summed E-state index contributed by atoms with van der Waals surface area (Å²) < 4.78 is 5.00. The molecule has 0 aliphatic heterocycles. The van der Waals surface area contributed by atoms with Gasteiger partial charge in [0, 0.05) is 12.6 Å². The van der Waals surface area contributed by atoms with Crippen molar-refractivity contribution in [3.05, 3.63) is 41.7 Å². The molecule has 39 heavy (non-hydrogen) atoms. The van der Waals surface area contributed by atoms with Gasteiger partial charge in [0.05, 0.1) is 5.69 Å². The summed E-state index contributed by atoms with van der Waals surface area (Å²) in [5, 5.41) is 0. The summed E-state index contributed by atoms with van der Waals surface area (Å²) in [4.78, 5) is 17.5. The molecule has 0 amide bonds. The van der Waals surface area contributed by atoms with Crippen LogP contribution >= 0.6 is 31.9 Å². The van der Waals surface area contributed by atoms with Crippen molar-refractivity contribution in [2.45, 2.75) is 115 Å². The van der Waals surface area contributed by atoms with Crippen LogP contribution in [0.25, 0.3) is 0 Å². The Bertz CT molecular complexity index is 1050. The first-order valence-electron chi connectivity index (χ1n) is 15.7. The Hall–Kier alpha value is -0.680. The van der Waals surface area contributed by atoms with Gasteiger partial charge in [-0.3, -0.25) is 4.98 Å². The van der Waals surface area contributed by atoms with E-state index in [9.17, 15) is 4.79 Å². The quantitative estimate of drug-likeness (QED) is 0.158. The number of esters is 1.